The maximum atomic E-state index is 13.2. The van der Waals surface area contributed by atoms with Crippen LogP contribution in [0.1, 0.15) is 0 Å². The summed E-state index contributed by atoms with van der Waals surface area (Å²) in [6, 6.07) is 3.11. The molecule has 1 heterocycles. The fourth-order valence-electron chi connectivity index (χ4n) is 1.15. The Morgan fingerprint density at radius 2 is 2.19 bits per heavy atom. The molecular weight excluding hydrogens is 216 g/mol. The monoisotopic (exact) mass is 223 g/mol. The molecule has 4 nitrogen and oxygen atoms in total. The van der Waals surface area contributed by atoms with Crippen molar-refractivity contribution in [3.8, 4) is 0 Å². The minimum absolute atomic E-state index is 0.0852. The van der Waals surface area contributed by atoms with Crippen molar-refractivity contribution < 1.29 is 13.6 Å². The second-order valence-electron chi connectivity index (χ2n) is 3.07. The van der Waals surface area contributed by atoms with E-state index in [2.05, 4.69) is 15.8 Å². The maximum absolute atomic E-state index is 13.2. The second-order valence-corrected chi connectivity index (χ2v) is 3.07. The Kier molecular flexibility index (Phi) is 2.63. The van der Waals surface area contributed by atoms with Crippen LogP contribution < -0.4 is 10.7 Å². The predicted octanol–water partition coefficient (Wildman–Crippen LogP) is 1.38. The molecule has 0 aromatic heterocycles. The Morgan fingerprint density at radius 1 is 1.38 bits per heavy atom. The summed E-state index contributed by atoms with van der Waals surface area (Å²) in [7, 11) is 0. The van der Waals surface area contributed by atoms with Gasteiger partial charge in [0.15, 0.2) is 0 Å². The van der Waals surface area contributed by atoms with E-state index in [1.54, 1.807) is 0 Å². The van der Waals surface area contributed by atoms with E-state index in [9.17, 15) is 13.6 Å². The third-order valence-corrected chi connectivity index (χ3v) is 1.95. The third-order valence-electron chi connectivity index (χ3n) is 1.95. The van der Waals surface area contributed by atoms with Crippen LogP contribution in [0.5, 0.6) is 0 Å². The van der Waals surface area contributed by atoms with Gasteiger partial charge in [-0.15, -0.1) is 0 Å². The second kappa shape index (κ2) is 4.09. The molecule has 0 radical (unpaired) electrons. The Balaban J connectivity index is 2.16. The fourth-order valence-corrected chi connectivity index (χ4v) is 1.15. The lowest BCUT2D eigenvalue weighted by Crippen LogP contribution is -2.12. The van der Waals surface area contributed by atoms with E-state index in [-0.39, 0.29) is 17.2 Å². The van der Waals surface area contributed by atoms with E-state index >= 15 is 0 Å². The van der Waals surface area contributed by atoms with Crippen molar-refractivity contribution in [1.29, 1.82) is 0 Å². The van der Waals surface area contributed by atoms with Crippen molar-refractivity contribution in [2.45, 2.75) is 0 Å². The molecule has 0 saturated heterocycles. The molecule has 82 valence electrons. The molecular formula is C10H7F2N3O. The Labute approximate surface area is 89.7 Å². The summed E-state index contributed by atoms with van der Waals surface area (Å²) in [5.74, 6) is -1.77. The average Bonchev–Trinajstić information content (AvgIpc) is 2.63. The van der Waals surface area contributed by atoms with E-state index in [0.717, 1.165) is 12.1 Å². The molecule has 1 aromatic carbocycles. The molecule has 1 aliphatic rings. The molecule has 16 heavy (non-hydrogen) atoms. The zero-order chi connectivity index (χ0) is 11.5. The molecule has 0 fully saturated rings. The van der Waals surface area contributed by atoms with Crippen LogP contribution in [-0.2, 0) is 4.79 Å². The molecule has 0 bridgehead atoms. The number of hydrogen-bond donors (Lipinski definition) is 2. The van der Waals surface area contributed by atoms with Crippen LogP contribution in [0.4, 0.5) is 14.5 Å². The first kappa shape index (κ1) is 10.3. The minimum atomic E-state index is -0.729. The van der Waals surface area contributed by atoms with Crippen molar-refractivity contribution >= 4 is 17.8 Å². The SMILES string of the molecule is O=C1NN=C/C1=C/Nc1ccc(F)cc1F. The van der Waals surface area contributed by atoms with Crippen LogP contribution in [-0.4, -0.2) is 12.1 Å². The van der Waals surface area contributed by atoms with Gasteiger partial charge in [0.05, 0.1) is 17.5 Å². The first-order chi connectivity index (χ1) is 7.66. The molecule has 1 amide bonds. The first-order valence-corrected chi connectivity index (χ1v) is 4.42. The molecule has 2 rings (SSSR count). The Hall–Kier alpha value is -2.24. The lowest BCUT2D eigenvalue weighted by Gasteiger charge is -2.02. The van der Waals surface area contributed by atoms with Crippen molar-refractivity contribution in [3.05, 3.63) is 41.6 Å². The number of hydrazone groups is 1. The Bertz CT molecular complexity index is 497. The van der Waals surface area contributed by atoms with Crippen LogP contribution in [0.15, 0.2) is 35.1 Å². The highest BCUT2D eigenvalue weighted by molar-refractivity contribution is 6.15. The van der Waals surface area contributed by atoms with Crippen LogP contribution in [0.25, 0.3) is 0 Å². The molecule has 6 heteroatoms. The Morgan fingerprint density at radius 3 is 2.81 bits per heavy atom. The fraction of sp³-hybridized carbons (Fsp3) is 0. The lowest BCUT2D eigenvalue weighted by atomic mass is 10.3. The molecule has 0 aliphatic carbocycles. The number of carbonyl (C=O) groups is 1. The standard InChI is InChI=1S/C10H7F2N3O/c11-7-1-2-9(8(12)3-7)13-4-6-5-14-15-10(6)16/h1-5,13H,(H,15,16)/b6-4-. The summed E-state index contributed by atoms with van der Waals surface area (Å²) < 4.78 is 25.7. The number of halogens is 2. The van der Waals surface area contributed by atoms with Crippen LogP contribution in [0, 0.1) is 11.6 Å². The highest BCUT2D eigenvalue weighted by Gasteiger charge is 2.11. The summed E-state index contributed by atoms with van der Waals surface area (Å²) >= 11 is 0. The zero-order valence-electron chi connectivity index (χ0n) is 8.00. The van der Waals surface area contributed by atoms with Crippen molar-refractivity contribution in [3.63, 3.8) is 0 Å². The van der Waals surface area contributed by atoms with Gasteiger partial charge in [0.2, 0.25) is 0 Å². The van der Waals surface area contributed by atoms with E-state index in [0.29, 0.717) is 0 Å². The molecule has 1 aliphatic heterocycles. The molecule has 2 N–H and O–H groups in total. The number of amides is 1. The zero-order valence-corrected chi connectivity index (χ0v) is 8.00. The predicted molar refractivity (Wildman–Crippen MR) is 54.7 cm³/mol. The number of rotatable bonds is 2. The number of benzene rings is 1. The summed E-state index contributed by atoms with van der Waals surface area (Å²) in [4.78, 5) is 11.0. The van der Waals surface area contributed by atoms with Crippen LogP contribution in [0.3, 0.4) is 0 Å². The van der Waals surface area contributed by atoms with Gasteiger partial charge in [0.1, 0.15) is 11.6 Å². The van der Waals surface area contributed by atoms with Crippen LogP contribution >= 0.6 is 0 Å². The van der Waals surface area contributed by atoms with Gasteiger partial charge in [0.25, 0.3) is 5.91 Å². The van der Waals surface area contributed by atoms with E-state index in [1.807, 2.05) is 0 Å². The number of nitrogens with zero attached hydrogens (tertiary/aromatic N) is 1. The number of hydrogen-bond acceptors (Lipinski definition) is 3. The molecule has 0 unspecified atom stereocenters. The summed E-state index contributed by atoms with van der Waals surface area (Å²) in [6.07, 6.45) is 2.60. The third kappa shape index (κ3) is 2.05. The van der Waals surface area contributed by atoms with Gasteiger partial charge in [-0.3, -0.25) is 4.79 Å². The average molecular weight is 223 g/mol. The van der Waals surface area contributed by atoms with Crippen molar-refractivity contribution in [2.24, 2.45) is 5.10 Å². The quantitative estimate of drug-likeness (QED) is 0.744. The first-order valence-electron chi connectivity index (χ1n) is 4.42. The molecule has 0 saturated carbocycles. The normalized spacial score (nSPS) is 16.6. The topological polar surface area (TPSA) is 53.5 Å². The number of anilines is 1. The van der Waals surface area contributed by atoms with Gasteiger partial charge >= 0.3 is 0 Å². The number of nitrogens with one attached hydrogen (secondary N) is 2. The van der Waals surface area contributed by atoms with Crippen molar-refractivity contribution in [2.75, 3.05) is 5.32 Å². The molecule has 1 aromatic rings. The van der Waals surface area contributed by atoms with Gasteiger partial charge in [-0.2, -0.15) is 5.10 Å². The van der Waals surface area contributed by atoms with E-state index in [4.69, 9.17) is 0 Å². The summed E-state index contributed by atoms with van der Waals surface area (Å²) in [5.41, 5.74) is 2.55. The van der Waals surface area contributed by atoms with Gasteiger partial charge in [-0.1, -0.05) is 0 Å². The van der Waals surface area contributed by atoms with Crippen LogP contribution in [0.2, 0.25) is 0 Å². The van der Waals surface area contributed by atoms with E-state index in [1.165, 1.54) is 18.5 Å². The highest BCUT2D eigenvalue weighted by Crippen LogP contribution is 2.15. The summed E-state index contributed by atoms with van der Waals surface area (Å²) in [6.45, 7) is 0. The largest absolute Gasteiger partial charge is 0.358 e. The number of carbonyl (C=O) groups excluding carboxylic acids is 1. The summed E-state index contributed by atoms with van der Waals surface area (Å²) in [5, 5.41) is 6.06. The molecule has 0 spiro atoms. The van der Waals surface area contributed by atoms with E-state index < -0.39 is 11.6 Å². The van der Waals surface area contributed by atoms with Gasteiger partial charge in [0, 0.05) is 12.3 Å². The minimum Gasteiger partial charge on any atom is -0.358 e. The van der Waals surface area contributed by atoms with Crippen molar-refractivity contribution in [1.82, 2.24) is 5.43 Å². The molecule has 0 atom stereocenters. The van der Waals surface area contributed by atoms with Gasteiger partial charge < -0.3 is 5.32 Å². The maximum Gasteiger partial charge on any atom is 0.274 e. The van der Waals surface area contributed by atoms with Gasteiger partial charge in [-0.25, -0.2) is 14.2 Å². The van der Waals surface area contributed by atoms with Gasteiger partial charge in [-0.05, 0) is 12.1 Å². The highest BCUT2D eigenvalue weighted by atomic mass is 19.1. The lowest BCUT2D eigenvalue weighted by molar-refractivity contribution is -0.116. The smallest absolute Gasteiger partial charge is 0.274 e.